The summed E-state index contributed by atoms with van der Waals surface area (Å²) < 4.78 is 5.00. The number of amides is 1. The molecule has 4 nitrogen and oxygen atoms in total. The van der Waals surface area contributed by atoms with Gasteiger partial charge >= 0.3 is 5.97 Å². The number of esters is 1. The molecular weight excluding hydrogens is 349 g/mol. The Morgan fingerprint density at radius 3 is 2.36 bits per heavy atom. The van der Waals surface area contributed by atoms with Crippen molar-refractivity contribution in [3.63, 3.8) is 0 Å². The first kappa shape index (κ1) is 16.6. The lowest BCUT2D eigenvalue weighted by Gasteiger charge is -2.10. The molecule has 0 spiro atoms. The minimum Gasteiger partial charge on any atom is -0.426 e. The molecule has 1 amide bonds. The molecule has 114 valence electrons. The van der Waals surface area contributed by atoms with Gasteiger partial charge in [-0.15, -0.1) is 0 Å². The van der Waals surface area contributed by atoms with Crippen LogP contribution in [-0.2, 0) is 4.79 Å². The van der Waals surface area contributed by atoms with Gasteiger partial charge < -0.3 is 10.1 Å². The second-order valence-electron chi connectivity index (χ2n) is 4.32. The topological polar surface area (TPSA) is 55.4 Å². The van der Waals surface area contributed by atoms with E-state index in [9.17, 15) is 9.59 Å². The summed E-state index contributed by atoms with van der Waals surface area (Å²) in [6.07, 6.45) is 0. The van der Waals surface area contributed by atoms with Crippen LogP contribution in [0.2, 0.25) is 15.1 Å². The van der Waals surface area contributed by atoms with Crippen LogP contribution in [0.25, 0.3) is 0 Å². The van der Waals surface area contributed by atoms with Crippen molar-refractivity contribution in [2.24, 2.45) is 0 Å². The Bertz CT molecular complexity index is 747. The van der Waals surface area contributed by atoms with E-state index < -0.39 is 11.9 Å². The highest BCUT2D eigenvalue weighted by atomic mass is 35.5. The molecule has 2 rings (SSSR count). The van der Waals surface area contributed by atoms with Crippen molar-refractivity contribution in [2.45, 2.75) is 6.92 Å². The number of hydrogen-bond acceptors (Lipinski definition) is 3. The lowest BCUT2D eigenvalue weighted by Crippen LogP contribution is -2.15. The van der Waals surface area contributed by atoms with E-state index >= 15 is 0 Å². The second kappa shape index (κ2) is 7.01. The van der Waals surface area contributed by atoms with E-state index in [0.717, 1.165) is 0 Å². The predicted octanol–water partition coefficient (Wildman–Crippen LogP) is 4.82. The third-order valence-corrected chi connectivity index (χ3v) is 3.59. The SMILES string of the molecule is CC(=O)Oc1cc(Cl)ccc1C(=O)Nc1ccc(Cl)c(Cl)c1. The third-order valence-electron chi connectivity index (χ3n) is 2.62. The van der Waals surface area contributed by atoms with Gasteiger partial charge in [0.2, 0.25) is 0 Å². The van der Waals surface area contributed by atoms with E-state index in [0.29, 0.717) is 20.8 Å². The summed E-state index contributed by atoms with van der Waals surface area (Å²) in [4.78, 5) is 23.4. The maximum absolute atomic E-state index is 12.3. The van der Waals surface area contributed by atoms with Crippen LogP contribution >= 0.6 is 34.8 Å². The molecule has 0 aliphatic carbocycles. The molecule has 0 heterocycles. The van der Waals surface area contributed by atoms with Gasteiger partial charge in [-0.25, -0.2) is 0 Å². The van der Waals surface area contributed by atoms with Gasteiger partial charge in [-0.1, -0.05) is 34.8 Å². The molecule has 0 radical (unpaired) electrons. The molecule has 0 unspecified atom stereocenters. The number of nitrogens with one attached hydrogen (secondary N) is 1. The fourth-order valence-corrected chi connectivity index (χ4v) is 2.16. The molecule has 0 aromatic heterocycles. The minimum atomic E-state index is -0.550. The van der Waals surface area contributed by atoms with Crippen LogP contribution < -0.4 is 10.1 Å². The summed E-state index contributed by atoms with van der Waals surface area (Å²) in [5.41, 5.74) is 0.633. The van der Waals surface area contributed by atoms with Crippen LogP contribution in [0.4, 0.5) is 5.69 Å². The molecule has 0 saturated heterocycles. The first-order valence-electron chi connectivity index (χ1n) is 6.11. The van der Waals surface area contributed by atoms with Crippen LogP contribution in [0, 0.1) is 0 Å². The van der Waals surface area contributed by atoms with Crippen LogP contribution in [0.1, 0.15) is 17.3 Å². The zero-order chi connectivity index (χ0) is 16.3. The van der Waals surface area contributed by atoms with Crippen molar-refractivity contribution in [1.82, 2.24) is 0 Å². The van der Waals surface area contributed by atoms with Crippen molar-refractivity contribution in [1.29, 1.82) is 0 Å². The molecule has 0 atom stereocenters. The molecule has 2 aromatic rings. The number of carbonyl (C=O) groups excluding carboxylic acids is 2. The van der Waals surface area contributed by atoms with Gasteiger partial charge in [0, 0.05) is 23.7 Å². The normalized spacial score (nSPS) is 10.2. The maximum atomic E-state index is 12.3. The summed E-state index contributed by atoms with van der Waals surface area (Å²) in [6, 6.07) is 9.07. The Morgan fingerprint density at radius 1 is 1.00 bits per heavy atom. The summed E-state index contributed by atoms with van der Waals surface area (Å²) in [5, 5.41) is 3.69. The molecule has 2 aromatic carbocycles. The van der Waals surface area contributed by atoms with E-state index in [4.69, 9.17) is 39.5 Å². The molecular formula is C15H10Cl3NO3. The average molecular weight is 359 g/mol. The number of halogens is 3. The Hall–Kier alpha value is -1.75. The van der Waals surface area contributed by atoms with E-state index in [1.165, 1.54) is 31.2 Å². The third kappa shape index (κ3) is 4.13. The van der Waals surface area contributed by atoms with Crippen LogP contribution in [0.15, 0.2) is 36.4 Å². The van der Waals surface area contributed by atoms with Crippen LogP contribution in [0.3, 0.4) is 0 Å². The maximum Gasteiger partial charge on any atom is 0.308 e. The zero-order valence-electron chi connectivity index (χ0n) is 11.3. The average Bonchev–Trinajstić information content (AvgIpc) is 2.42. The van der Waals surface area contributed by atoms with Crippen molar-refractivity contribution in [2.75, 3.05) is 5.32 Å². The summed E-state index contributed by atoms with van der Waals surface area (Å²) in [5.74, 6) is -0.935. The van der Waals surface area contributed by atoms with Crippen molar-refractivity contribution in [3.05, 3.63) is 57.0 Å². The lowest BCUT2D eigenvalue weighted by atomic mass is 10.2. The van der Waals surface area contributed by atoms with Gasteiger partial charge in [-0.2, -0.15) is 0 Å². The van der Waals surface area contributed by atoms with E-state index in [2.05, 4.69) is 5.32 Å². The van der Waals surface area contributed by atoms with Gasteiger partial charge in [-0.05, 0) is 30.3 Å². The molecule has 7 heteroatoms. The number of carbonyl (C=O) groups is 2. The first-order chi connectivity index (χ1) is 10.4. The number of hydrogen-bond donors (Lipinski definition) is 1. The summed E-state index contributed by atoms with van der Waals surface area (Å²) in [7, 11) is 0. The van der Waals surface area contributed by atoms with E-state index in [1.807, 2.05) is 0 Å². The molecule has 0 bridgehead atoms. The van der Waals surface area contributed by atoms with Crippen molar-refractivity contribution >= 4 is 52.4 Å². The van der Waals surface area contributed by atoms with Gasteiger partial charge in [-0.3, -0.25) is 9.59 Å². The largest absolute Gasteiger partial charge is 0.426 e. The monoisotopic (exact) mass is 357 g/mol. The highest BCUT2D eigenvalue weighted by molar-refractivity contribution is 6.42. The van der Waals surface area contributed by atoms with Gasteiger partial charge in [0.1, 0.15) is 5.75 Å². The summed E-state index contributed by atoms with van der Waals surface area (Å²) in [6.45, 7) is 1.24. The zero-order valence-corrected chi connectivity index (χ0v) is 13.6. The van der Waals surface area contributed by atoms with Crippen molar-refractivity contribution < 1.29 is 14.3 Å². The molecule has 0 saturated carbocycles. The molecule has 0 aliphatic heterocycles. The fraction of sp³-hybridized carbons (Fsp3) is 0.0667. The smallest absolute Gasteiger partial charge is 0.308 e. The molecule has 1 N–H and O–H groups in total. The van der Waals surface area contributed by atoms with Gasteiger partial charge in [0.05, 0.1) is 15.6 Å². The van der Waals surface area contributed by atoms with Crippen LogP contribution in [0.5, 0.6) is 5.75 Å². The quantitative estimate of drug-likeness (QED) is 0.632. The summed E-state index contributed by atoms with van der Waals surface area (Å²) >= 11 is 17.6. The highest BCUT2D eigenvalue weighted by Crippen LogP contribution is 2.27. The number of benzene rings is 2. The number of anilines is 1. The molecule has 22 heavy (non-hydrogen) atoms. The highest BCUT2D eigenvalue weighted by Gasteiger charge is 2.15. The van der Waals surface area contributed by atoms with Crippen LogP contribution in [-0.4, -0.2) is 11.9 Å². The number of rotatable bonds is 3. The molecule has 0 aliphatic rings. The van der Waals surface area contributed by atoms with Crippen molar-refractivity contribution in [3.8, 4) is 5.75 Å². The lowest BCUT2D eigenvalue weighted by molar-refractivity contribution is -0.131. The minimum absolute atomic E-state index is 0.0811. The van der Waals surface area contributed by atoms with Gasteiger partial charge in [0.25, 0.3) is 5.91 Å². The van der Waals surface area contributed by atoms with E-state index in [-0.39, 0.29) is 11.3 Å². The first-order valence-corrected chi connectivity index (χ1v) is 7.24. The predicted molar refractivity (Wildman–Crippen MR) is 87.2 cm³/mol. The Morgan fingerprint density at radius 2 is 1.73 bits per heavy atom. The molecule has 0 fully saturated rings. The Balaban J connectivity index is 2.28. The number of ether oxygens (including phenoxy) is 1. The fourth-order valence-electron chi connectivity index (χ4n) is 1.70. The van der Waals surface area contributed by atoms with E-state index in [1.54, 1.807) is 12.1 Å². The Kier molecular flexibility index (Phi) is 5.29. The second-order valence-corrected chi connectivity index (χ2v) is 5.57. The Labute approximate surface area is 141 Å². The standard InChI is InChI=1S/C15H10Cl3NO3/c1-8(20)22-14-6-9(16)2-4-11(14)15(21)19-10-3-5-12(17)13(18)7-10/h2-7H,1H3,(H,19,21). The van der Waals surface area contributed by atoms with Gasteiger partial charge in [0.15, 0.2) is 0 Å².